The van der Waals surface area contributed by atoms with Crippen molar-refractivity contribution < 1.29 is 15.0 Å². The molecule has 1 aliphatic rings. The lowest BCUT2D eigenvalue weighted by molar-refractivity contribution is -0.132. The highest BCUT2D eigenvalue weighted by atomic mass is 16.3. The third-order valence-corrected chi connectivity index (χ3v) is 3.85. The molecule has 0 atom stereocenters. The van der Waals surface area contributed by atoms with Crippen LogP contribution in [0.3, 0.4) is 0 Å². The van der Waals surface area contributed by atoms with Crippen LogP contribution in [0.1, 0.15) is 44.1 Å². The number of carbonyl (C=O) groups is 1. The van der Waals surface area contributed by atoms with Crippen molar-refractivity contribution in [2.24, 2.45) is 0 Å². The molecular formula is C16H23NO3. The highest BCUT2D eigenvalue weighted by Crippen LogP contribution is 2.25. The summed E-state index contributed by atoms with van der Waals surface area (Å²) in [4.78, 5) is 13.9. The first kappa shape index (κ1) is 14.7. The van der Waals surface area contributed by atoms with Gasteiger partial charge in [0.1, 0.15) is 0 Å². The number of carbonyl (C=O) groups excluding carboxylic acids is 1. The predicted molar refractivity (Wildman–Crippen MR) is 77.8 cm³/mol. The molecule has 1 aromatic carbocycles. The number of unbranched alkanes of at least 4 members (excludes halogenated alkanes) is 1. The Labute approximate surface area is 120 Å². The Hall–Kier alpha value is -1.71. The molecule has 4 nitrogen and oxygen atoms in total. The van der Waals surface area contributed by atoms with Crippen LogP contribution in [0, 0.1) is 0 Å². The first-order chi connectivity index (χ1) is 9.66. The van der Waals surface area contributed by atoms with E-state index in [1.165, 1.54) is 12.5 Å². The summed E-state index contributed by atoms with van der Waals surface area (Å²) in [6, 6.07) is 4.90. The van der Waals surface area contributed by atoms with Gasteiger partial charge in [-0.05, 0) is 56.2 Å². The number of benzene rings is 1. The molecule has 0 bridgehead atoms. The lowest BCUT2D eigenvalue weighted by atomic mass is 10.1. The van der Waals surface area contributed by atoms with E-state index in [-0.39, 0.29) is 17.4 Å². The average molecular weight is 277 g/mol. The number of phenolic OH excluding ortho intramolecular Hbond substituents is 2. The quantitative estimate of drug-likeness (QED) is 0.642. The standard InChI is InChI=1S/C16H23NO3/c18-14-9-8-13(12-15(14)19)6-2-3-7-16(20)17-10-4-1-5-11-17/h8-9,12,18-19H,1-7,10-11H2. The molecule has 0 spiro atoms. The Morgan fingerprint density at radius 3 is 2.50 bits per heavy atom. The molecule has 0 unspecified atom stereocenters. The van der Waals surface area contributed by atoms with E-state index in [0.717, 1.165) is 50.8 Å². The number of likely N-dealkylation sites (tertiary alicyclic amines) is 1. The van der Waals surface area contributed by atoms with Crippen molar-refractivity contribution in [1.29, 1.82) is 0 Å². The lowest BCUT2D eigenvalue weighted by Crippen LogP contribution is -2.35. The lowest BCUT2D eigenvalue weighted by Gasteiger charge is -2.26. The van der Waals surface area contributed by atoms with Crippen molar-refractivity contribution in [3.05, 3.63) is 23.8 Å². The summed E-state index contributed by atoms with van der Waals surface area (Å²) in [5.74, 6) is 0.110. The molecule has 1 saturated heterocycles. The van der Waals surface area contributed by atoms with E-state index in [1.54, 1.807) is 6.07 Å². The van der Waals surface area contributed by atoms with Crippen LogP contribution >= 0.6 is 0 Å². The van der Waals surface area contributed by atoms with E-state index < -0.39 is 0 Å². The average Bonchev–Trinajstić information content (AvgIpc) is 2.48. The second kappa shape index (κ2) is 7.17. The van der Waals surface area contributed by atoms with Crippen LogP contribution in [0.4, 0.5) is 0 Å². The number of phenols is 2. The Morgan fingerprint density at radius 1 is 1.05 bits per heavy atom. The molecule has 2 N–H and O–H groups in total. The van der Waals surface area contributed by atoms with Gasteiger partial charge in [-0.2, -0.15) is 0 Å². The maximum Gasteiger partial charge on any atom is 0.222 e. The number of aryl methyl sites for hydroxylation is 1. The molecule has 1 aliphatic heterocycles. The molecule has 1 fully saturated rings. The van der Waals surface area contributed by atoms with E-state index in [2.05, 4.69) is 0 Å². The van der Waals surface area contributed by atoms with Crippen molar-refractivity contribution in [3.8, 4) is 11.5 Å². The van der Waals surface area contributed by atoms with Gasteiger partial charge in [-0.25, -0.2) is 0 Å². The molecule has 0 radical (unpaired) electrons. The van der Waals surface area contributed by atoms with Gasteiger partial charge >= 0.3 is 0 Å². The third-order valence-electron chi connectivity index (χ3n) is 3.85. The van der Waals surface area contributed by atoms with Crippen LogP contribution in [0.15, 0.2) is 18.2 Å². The van der Waals surface area contributed by atoms with Crippen molar-refractivity contribution in [2.75, 3.05) is 13.1 Å². The van der Waals surface area contributed by atoms with Crippen LogP contribution in [0.25, 0.3) is 0 Å². The Balaban J connectivity index is 1.68. The summed E-state index contributed by atoms with van der Waals surface area (Å²) in [6.45, 7) is 1.84. The largest absolute Gasteiger partial charge is 0.504 e. The summed E-state index contributed by atoms with van der Waals surface area (Å²) in [5.41, 5.74) is 0.991. The molecule has 1 amide bonds. The normalized spacial score (nSPS) is 15.3. The molecule has 0 aromatic heterocycles. The predicted octanol–water partition coefficient (Wildman–Crippen LogP) is 2.82. The first-order valence-electron chi connectivity index (χ1n) is 7.45. The number of nitrogens with zero attached hydrogens (tertiary/aromatic N) is 1. The zero-order valence-corrected chi connectivity index (χ0v) is 11.8. The van der Waals surface area contributed by atoms with Gasteiger partial charge in [0.25, 0.3) is 0 Å². The van der Waals surface area contributed by atoms with Crippen LogP contribution < -0.4 is 0 Å². The summed E-state index contributed by atoms with van der Waals surface area (Å²) < 4.78 is 0. The number of hydrogen-bond acceptors (Lipinski definition) is 3. The summed E-state index contributed by atoms with van der Waals surface area (Å²) in [7, 11) is 0. The van der Waals surface area contributed by atoms with Crippen molar-refractivity contribution in [3.63, 3.8) is 0 Å². The fraction of sp³-hybridized carbons (Fsp3) is 0.562. The fourth-order valence-corrected chi connectivity index (χ4v) is 2.63. The summed E-state index contributed by atoms with van der Waals surface area (Å²) in [6.07, 6.45) is 6.75. The Kier molecular flexibility index (Phi) is 5.27. The molecular weight excluding hydrogens is 254 g/mol. The fourth-order valence-electron chi connectivity index (χ4n) is 2.63. The van der Waals surface area contributed by atoms with Gasteiger partial charge in [0.05, 0.1) is 0 Å². The molecule has 110 valence electrons. The van der Waals surface area contributed by atoms with Crippen LogP contribution in [0.5, 0.6) is 11.5 Å². The molecule has 0 aliphatic carbocycles. The van der Waals surface area contributed by atoms with Gasteiger partial charge in [0.15, 0.2) is 11.5 Å². The van der Waals surface area contributed by atoms with Gasteiger partial charge in [0.2, 0.25) is 5.91 Å². The minimum atomic E-state index is -0.0889. The zero-order chi connectivity index (χ0) is 14.4. The summed E-state index contributed by atoms with van der Waals surface area (Å²) >= 11 is 0. The topological polar surface area (TPSA) is 60.8 Å². The first-order valence-corrected chi connectivity index (χ1v) is 7.45. The van der Waals surface area contributed by atoms with Crippen LogP contribution in [-0.2, 0) is 11.2 Å². The Morgan fingerprint density at radius 2 is 1.80 bits per heavy atom. The number of hydrogen-bond donors (Lipinski definition) is 2. The molecule has 20 heavy (non-hydrogen) atoms. The van der Waals surface area contributed by atoms with E-state index in [1.807, 2.05) is 11.0 Å². The monoisotopic (exact) mass is 277 g/mol. The van der Waals surface area contributed by atoms with Gasteiger partial charge in [-0.15, -0.1) is 0 Å². The molecule has 2 rings (SSSR count). The second-order valence-corrected chi connectivity index (χ2v) is 5.47. The second-order valence-electron chi connectivity index (χ2n) is 5.47. The van der Waals surface area contributed by atoms with Crippen molar-refractivity contribution in [2.45, 2.75) is 44.9 Å². The highest BCUT2D eigenvalue weighted by Gasteiger charge is 2.15. The minimum absolute atomic E-state index is 0.0770. The number of rotatable bonds is 5. The van der Waals surface area contributed by atoms with Crippen molar-refractivity contribution >= 4 is 5.91 Å². The van der Waals surface area contributed by atoms with E-state index in [4.69, 9.17) is 0 Å². The molecule has 4 heteroatoms. The number of aromatic hydroxyl groups is 2. The van der Waals surface area contributed by atoms with Gasteiger partial charge in [0, 0.05) is 19.5 Å². The van der Waals surface area contributed by atoms with Crippen LogP contribution in [0.2, 0.25) is 0 Å². The number of amides is 1. The maximum atomic E-state index is 12.0. The van der Waals surface area contributed by atoms with E-state index >= 15 is 0 Å². The van der Waals surface area contributed by atoms with Gasteiger partial charge in [-0.3, -0.25) is 4.79 Å². The van der Waals surface area contributed by atoms with E-state index in [9.17, 15) is 15.0 Å². The van der Waals surface area contributed by atoms with Crippen LogP contribution in [-0.4, -0.2) is 34.1 Å². The number of piperidine rings is 1. The van der Waals surface area contributed by atoms with Crippen molar-refractivity contribution in [1.82, 2.24) is 4.90 Å². The smallest absolute Gasteiger partial charge is 0.222 e. The molecule has 1 heterocycles. The molecule has 1 aromatic rings. The van der Waals surface area contributed by atoms with E-state index in [0.29, 0.717) is 6.42 Å². The highest BCUT2D eigenvalue weighted by molar-refractivity contribution is 5.76. The van der Waals surface area contributed by atoms with Gasteiger partial charge in [-0.1, -0.05) is 6.07 Å². The Bertz CT molecular complexity index is 453. The minimum Gasteiger partial charge on any atom is -0.504 e. The summed E-state index contributed by atoms with van der Waals surface area (Å²) in [5, 5.41) is 18.6. The molecule has 0 saturated carbocycles. The maximum absolute atomic E-state index is 12.0. The SMILES string of the molecule is O=C(CCCCc1ccc(O)c(O)c1)N1CCCCC1. The van der Waals surface area contributed by atoms with Gasteiger partial charge < -0.3 is 15.1 Å². The third kappa shape index (κ3) is 4.15. The zero-order valence-electron chi connectivity index (χ0n) is 11.8.